The molecule has 2 saturated carbocycles. The van der Waals surface area contributed by atoms with E-state index in [4.69, 9.17) is 11.6 Å². The highest BCUT2D eigenvalue weighted by atomic mass is 35.5. The van der Waals surface area contributed by atoms with Gasteiger partial charge in [0.05, 0.1) is 22.2 Å². The van der Waals surface area contributed by atoms with Gasteiger partial charge in [-0.25, -0.2) is 9.97 Å². The van der Waals surface area contributed by atoms with Crippen LogP contribution >= 0.6 is 11.6 Å². The van der Waals surface area contributed by atoms with E-state index in [0.29, 0.717) is 22.4 Å². The Hall–Kier alpha value is -3.75. The number of hydrogen-bond donors (Lipinski definition) is 4. The number of carbonyl (C=O) groups excluding carboxylic acids is 2. The van der Waals surface area contributed by atoms with Crippen molar-refractivity contribution in [3.05, 3.63) is 40.4 Å². The molecule has 0 unspecified atom stereocenters. The molecule has 2 fully saturated rings. The van der Waals surface area contributed by atoms with Crippen molar-refractivity contribution in [2.24, 2.45) is 18.4 Å². The van der Waals surface area contributed by atoms with E-state index in [1.165, 1.54) is 12.1 Å². The van der Waals surface area contributed by atoms with Gasteiger partial charge < -0.3 is 21.3 Å². The monoisotopic (exact) mass is 645 g/mol. The van der Waals surface area contributed by atoms with Gasteiger partial charge in [0.2, 0.25) is 11.9 Å². The fraction of sp³-hybridized carbons (Fsp3) is 0.500. The lowest BCUT2D eigenvalue weighted by Gasteiger charge is -2.30. The first kappa shape index (κ1) is 31.7. The fourth-order valence-corrected chi connectivity index (χ4v) is 5.59. The number of anilines is 3. The zero-order valence-corrected chi connectivity index (χ0v) is 24.5. The molecule has 5 rings (SSSR count). The second-order valence-electron chi connectivity index (χ2n) is 11.2. The second-order valence-corrected chi connectivity index (χ2v) is 11.6. The summed E-state index contributed by atoms with van der Waals surface area (Å²) in [4.78, 5) is 34.4. The van der Waals surface area contributed by atoms with Gasteiger partial charge in [-0.2, -0.15) is 26.3 Å². The molecule has 0 atom stereocenters. The van der Waals surface area contributed by atoms with Gasteiger partial charge in [-0.15, -0.1) is 0 Å². The molecule has 9 nitrogen and oxygen atoms in total. The number of benzene rings is 1. The molecule has 0 aliphatic heterocycles. The number of halogens is 7. The molecule has 44 heavy (non-hydrogen) atoms. The van der Waals surface area contributed by atoms with Crippen LogP contribution in [0.5, 0.6) is 0 Å². The van der Waals surface area contributed by atoms with Gasteiger partial charge in [-0.3, -0.25) is 14.2 Å². The van der Waals surface area contributed by atoms with Crippen LogP contribution in [0.15, 0.2) is 24.3 Å². The zero-order chi connectivity index (χ0) is 32.0. The van der Waals surface area contributed by atoms with Crippen LogP contribution in [0.25, 0.3) is 11.2 Å². The van der Waals surface area contributed by atoms with Gasteiger partial charge in [-0.05, 0) is 62.3 Å². The molecule has 1 aromatic carbocycles. The molecule has 3 aromatic rings. The SMILES string of the molecule is CNc1nc2c(cc1C(=O)NC1CCC(C(F)(F)F)CC1)nc(Nc1cc(CNC(=O)C3(C(F)(F)F)CC3)ccc1Cl)n2C. The number of amides is 2. The van der Waals surface area contributed by atoms with Gasteiger partial charge >= 0.3 is 12.4 Å². The lowest BCUT2D eigenvalue weighted by atomic mass is 9.85. The van der Waals surface area contributed by atoms with Crippen molar-refractivity contribution in [2.75, 3.05) is 17.7 Å². The minimum atomic E-state index is -4.61. The summed E-state index contributed by atoms with van der Waals surface area (Å²) in [6.07, 6.45) is -9.01. The average Bonchev–Trinajstić information content (AvgIpc) is 3.74. The van der Waals surface area contributed by atoms with Gasteiger partial charge in [-0.1, -0.05) is 17.7 Å². The third-order valence-corrected chi connectivity index (χ3v) is 8.64. The van der Waals surface area contributed by atoms with Crippen molar-refractivity contribution in [3.63, 3.8) is 0 Å². The molecule has 2 aliphatic carbocycles. The van der Waals surface area contributed by atoms with E-state index in [2.05, 4.69) is 31.2 Å². The predicted octanol–water partition coefficient (Wildman–Crippen LogP) is 6.22. The number of nitrogens with one attached hydrogen (secondary N) is 4. The number of aryl methyl sites for hydroxylation is 1. The zero-order valence-electron chi connectivity index (χ0n) is 23.7. The Balaban J connectivity index is 1.30. The number of rotatable bonds is 8. The number of aromatic nitrogens is 3. The third-order valence-electron chi connectivity index (χ3n) is 8.31. The first-order valence-corrected chi connectivity index (χ1v) is 14.3. The van der Waals surface area contributed by atoms with Crippen molar-refractivity contribution < 1.29 is 35.9 Å². The van der Waals surface area contributed by atoms with E-state index in [1.54, 1.807) is 30.8 Å². The summed E-state index contributed by atoms with van der Waals surface area (Å²) in [7, 11) is 3.26. The Kier molecular flexibility index (Phi) is 8.37. The van der Waals surface area contributed by atoms with E-state index in [-0.39, 0.29) is 67.4 Å². The molecule has 0 radical (unpaired) electrons. The van der Waals surface area contributed by atoms with E-state index < -0.39 is 41.5 Å². The van der Waals surface area contributed by atoms with Gasteiger partial charge in [0.1, 0.15) is 16.7 Å². The quantitative estimate of drug-likeness (QED) is 0.217. The molecule has 4 N–H and O–H groups in total. The first-order chi connectivity index (χ1) is 20.6. The first-order valence-electron chi connectivity index (χ1n) is 14.0. The fourth-order valence-electron chi connectivity index (χ4n) is 5.43. The summed E-state index contributed by atoms with van der Waals surface area (Å²) in [6.45, 7) is -0.144. The summed E-state index contributed by atoms with van der Waals surface area (Å²) in [6, 6.07) is 5.82. The van der Waals surface area contributed by atoms with Crippen LogP contribution in [-0.2, 0) is 18.4 Å². The van der Waals surface area contributed by atoms with Crippen LogP contribution in [0, 0.1) is 11.3 Å². The highest BCUT2D eigenvalue weighted by Crippen LogP contribution is 2.57. The Morgan fingerprint density at radius 3 is 2.32 bits per heavy atom. The number of nitrogens with zero attached hydrogens (tertiary/aromatic N) is 3. The smallest absolute Gasteiger partial charge is 0.372 e. The van der Waals surface area contributed by atoms with E-state index in [9.17, 15) is 35.9 Å². The van der Waals surface area contributed by atoms with Gasteiger partial charge in [0, 0.05) is 26.7 Å². The normalized spacial score (nSPS) is 19.8. The maximum absolute atomic E-state index is 13.3. The van der Waals surface area contributed by atoms with Crippen molar-refractivity contribution in [1.82, 2.24) is 25.2 Å². The largest absolute Gasteiger partial charge is 0.403 e. The van der Waals surface area contributed by atoms with E-state index in [0.717, 1.165) is 0 Å². The number of pyridine rings is 1. The molecule has 0 bridgehead atoms. The van der Waals surface area contributed by atoms with Crippen LogP contribution in [0.2, 0.25) is 5.02 Å². The maximum Gasteiger partial charge on any atom is 0.403 e. The minimum Gasteiger partial charge on any atom is -0.372 e. The summed E-state index contributed by atoms with van der Waals surface area (Å²) >= 11 is 6.37. The minimum absolute atomic E-state index is 0.0512. The lowest BCUT2D eigenvalue weighted by Crippen LogP contribution is -2.40. The predicted molar refractivity (Wildman–Crippen MR) is 152 cm³/mol. The summed E-state index contributed by atoms with van der Waals surface area (Å²) in [5, 5.41) is 11.4. The Morgan fingerprint density at radius 2 is 1.73 bits per heavy atom. The summed E-state index contributed by atoms with van der Waals surface area (Å²) in [5.41, 5.74) is -0.530. The van der Waals surface area contributed by atoms with Crippen molar-refractivity contribution >= 4 is 52.0 Å². The van der Waals surface area contributed by atoms with Crippen molar-refractivity contribution in [3.8, 4) is 0 Å². The highest BCUT2D eigenvalue weighted by Gasteiger charge is 2.68. The molecule has 238 valence electrons. The van der Waals surface area contributed by atoms with Crippen LogP contribution in [0.4, 0.5) is 43.8 Å². The maximum atomic E-state index is 13.3. The molecule has 0 saturated heterocycles. The number of imidazole rings is 1. The molecular formula is C28H30ClF6N7O2. The molecule has 2 aromatic heterocycles. The van der Waals surface area contributed by atoms with Crippen molar-refractivity contribution in [1.29, 1.82) is 0 Å². The van der Waals surface area contributed by atoms with E-state index in [1.807, 2.05) is 0 Å². The Labute approximate surface area is 253 Å². The molecule has 16 heteroatoms. The van der Waals surface area contributed by atoms with Gasteiger partial charge in [0.15, 0.2) is 5.65 Å². The molecule has 0 spiro atoms. The topological polar surface area (TPSA) is 113 Å². The Morgan fingerprint density at radius 1 is 1.05 bits per heavy atom. The molecule has 2 heterocycles. The van der Waals surface area contributed by atoms with E-state index >= 15 is 0 Å². The standard InChI is InChI=1S/C28H30ClF6N7O2/c1-36-21-17(23(43)38-16-6-4-15(5-7-16)27(30,31)32)12-20-22(41-21)42(2)25(40-20)39-19-11-14(3-8-18(19)29)13-37-24(44)26(9-10-26)28(33,34)35/h3,8,11-12,15-16H,4-7,9-10,13H2,1-2H3,(H,36,41)(H,37,44)(H,38,43)(H,39,40). The van der Waals surface area contributed by atoms with Crippen molar-refractivity contribution in [2.45, 2.75) is 63.5 Å². The second kappa shape index (κ2) is 11.6. The highest BCUT2D eigenvalue weighted by molar-refractivity contribution is 6.33. The average molecular weight is 646 g/mol. The lowest BCUT2D eigenvalue weighted by molar-refractivity contribution is -0.192. The van der Waals surface area contributed by atoms with Crippen LogP contribution in [0.1, 0.15) is 54.4 Å². The van der Waals surface area contributed by atoms with Crippen LogP contribution in [-0.4, -0.2) is 51.8 Å². The molecular weight excluding hydrogens is 616 g/mol. The van der Waals surface area contributed by atoms with Crippen LogP contribution < -0.4 is 21.3 Å². The number of hydrogen-bond acceptors (Lipinski definition) is 6. The molecule has 2 aliphatic rings. The Bertz CT molecular complexity index is 1580. The summed E-state index contributed by atoms with van der Waals surface area (Å²) in [5.74, 6) is -2.38. The third kappa shape index (κ3) is 6.24. The molecule has 2 amide bonds. The van der Waals surface area contributed by atoms with Crippen LogP contribution in [0.3, 0.4) is 0 Å². The summed E-state index contributed by atoms with van der Waals surface area (Å²) < 4.78 is 80.5. The number of fused-ring (bicyclic) bond motifs is 1. The number of carbonyl (C=O) groups is 2. The van der Waals surface area contributed by atoms with Gasteiger partial charge in [0.25, 0.3) is 5.91 Å². The number of alkyl halides is 6.